The zero-order valence-electron chi connectivity index (χ0n) is 14.4. The van der Waals surface area contributed by atoms with Gasteiger partial charge in [0.2, 0.25) is 0 Å². The van der Waals surface area contributed by atoms with Crippen LogP contribution < -0.4 is 0 Å². The van der Waals surface area contributed by atoms with E-state index in [0.717, 1.165) is 30.4 Å². The predicted octanol–water partition coefficient (Wildman–Crippen LogP) is 3.78. The summed E-state index contributed by atoms with van der Waals surface area (Å²) in [7, 11) is 0. The van der Waals surface area contributed by atoms with Gasteiger partial charge in [-0.2, -0.15) is 13.2 Å². The van der Waals surface area contributed by atoms with Crippen molar-refractivity contribution in [1.29, 1.82) is 0 Å². The fourth-order valence-corrected chi connectivity index (χ4v) is 2.48. The highest BCUT2D eigenvalue weighted by molar-refractivity contribution is 5.88. The molecule has 0 atom stereocenters. The molecule has 0 unspecified atom stereocenters. The van der Waals surface area contributed by atoms with Crippen LogP contribution in [0.15, 0.2) is 24.4 Å². The summed E-state index contributed by atoms with van der Waals surface area (Å²) in [6.07, 6.45) is -2.11. The molecule has 1 aromatic heterocycles. The molecule has 0 spiro atoms. The number of H-pyrrole nitrogens is 1. The molecule has 0 aliphatic rings. The molecule has 1 aromatic carbocycles. The molecule has 0 saturated heterocycles. The summed E-state index contributed by atoms with van der Waals surface area (Å²) < 4.78 is 31.7. The molecule has 140 valence electrons. The molecule has 0 bridgehead atoms. The molecule has 25 heavy (non-hydrogen) atoms. The van der Waals surface area contributed by atoms with Gasteiger partial charge in [-0.15, -0.1) is 0 Å². The lowest BCUT2D eigenvalue weighted by Crippen LogP contribution is -2.32. The van der Waals surface area contributed by atoms with E-state index in [2.05, 4.69) is 30.7 Å². The van der Waals surface area contributed by atoms with Gasteiger partial charge in [-0.1, -0.05) is 13.0 Å². The highest BCUT2D eigenvalue weighted by atomic mass is 19.4. The van der Waals surface area contributed by atoms with Crippen LogP contribution in [0.3, 0.4) is 0 Å². The van der Waals surface area contributed by atoms with Gasteiger partial charge in [-0.3, -0.25) is 0 Å². The Balaban J connectivity index is 0.000000381. The topological polar surface area (TPSA) is 76.6 Å². The Morgan fingerprint density at radius 1 is 1.32 bits per heavy atom. The molecule has 8 heteroatoms. The first-order valence-electron chi connectivity index (χ1n) is 7.90. The number of aromatic amines is 1. The molecular formula is C17H23F3N2O3. The Morgan fingerprint density at radius 2 is 1.92 bits per heavy atom. The number of phenols is 1. The summed E-state index contributed by atoms with van der Waals surface area (Å²) in [4.78, 5) is 14.5. The Kier molecular flexibility index (Phi) is 7.29. The van der Waals surface area contributed by atoms with Crippen LogP contribution in [0.2, 0.25) is 0 Å². The van der Waals surface area contributed by atoms with E-state index in [1.165, 1.54) is 5.56 Å². The second-order valence-electron chi connectivity index (χ2n) is 5.79. The lowest BCUT2D eigenvalue weighted by atomic mass is 10.1. The SMILES string of the molecule is CCN(CCc1c[nH]c2cccc(O)c12)C(C)C.O=C(O)C(F)(F)F. The fraction of sp³-hybridized carbons (Fsp3) is 0.471. The number of likely N-dealkylation sites (N-methyl/N-ethyl adjacent to an activating group) is 1. The minimum atomic E-state index is -5.08. The van der Waals surface area contributed by atoms with Crippen molar-refractivity contribution >= 4 is 16.9 Å². The number of nitrogens with one attached hydrogen (secondary N) is 1. The lowest BCUT2D eigenvalue weighted by molar-refractivity contribution is -0.192. The molecule has 0 aliphatic heterocycles. The van der Waals surface area contributed by atoms with Gasteiger partial charge in [-0.25, -0.2) is 4.79 Å². The van der Waals surface area contributed by atoms with Crippen molar-refractivity contribution in [3.63, 3.8) is 0 Å². The van der Waals surface area contributed by atoms with Crippen LogP contribution in [-0.2, 0) is 11.2 Å². The molecule has 0 radical (unpaired) electrons. The minimum Gasteiger partial charge on any atom is -0.507 e. The van der Waals surface area contributed by atoms with Crippen LogP contribution in [0, 0.1) is 0 Å². The first-order chi connectivity index (χ1) is 11.6. The maximum atomic E-state index is 10.6. The molecule has 0 amide bonds. The number of hydrogen-bond donors (Lipinski definition) is 3. The first-order valence-corrected chi connectivity index (χ1v) is 7.90. The largest absolute Gasteiger partial charge is 0.507 e. The van der Waals surface area contributed by atoms with Gasteiger partial charge >= 0.3 is 12.1 Å². The average molecular weight is 360 g/mol. The summed E-state index contributed by atoms with van der Waals surface area (Å²) in [5, 5.41) is 18.0. The number of aliphatic carboxylic acids is 1. The van der Waals surface area contributed by atoms with Crippen LogP contribution in [0.5, 0.6) is 5.75 Å². The van der Waals surface area contributed by atoms with Gasteiger partial charge in [0.25, 0.3) is 0 Å². The second kappa shape index (κ2) is 8.75. The van der Waals surface area contributed by atoms with Gasteiger partial charge in [0.05, 0.1) is 0 Å². The maximum Gasteiger partial charge on any atom is 0.490 e. The third kappa shape index (κ3) is 5.97. The van der Waals surface area contributed by atoms with Crippen molar-refractivity contribution in [2.45, 2.75) is 39.4 Å². The number of benzene rings is 1. The number of nitrogens with zero attached hydrogens (tertiary/aromatic N) is 1. The predicted molar refractivity (Wildman–Crippen MR) is 89.7 cm³/mol. The van der Waals surface area contributed by atoms with Crippen LogP contribution in [0.4, 0.5) is 13.2 Å². The molecule has 0 aliphatic carbocycles. The number of fused-ring (bicyclic) bond motifs is 1. The van der Waals surface area contributed by atoms with Crippen molar-refractivity contribution in [3.05, 3.63) is 30.0 Å². The van der Waals surface area contributed by atoms with Crippen molar-refractivity contribution in [3.8, 4) is 5.75 Å². The Bertz CT molecular complexity index is 696. The third-order valence-corrected chi connectivity index (χ3v) is 3.81. The number of hydrogen-bond acceptors (Lipinski definition) is 3. The van der Waals surface area contributed by atoms with E-state index in [1.807, 2.05) is 18.3 Å². The van der Waals surface area contributed by atoms with Gasteiger partial charge in [0, 0.05) is 29.7 Å². The number of aromatic nitrogens is 1. The van der Waals surface area contributed by atoms with Crippen molar-refractivity contribution in [1.82, 2.24) is 9.88 Å². The summed E-state index contributed by atoms with van der Waals surface area (Å²) in [6.45, 7) is 8.71. The Hall–Kier alpha value is -2.22. The van der Waals surface area contributed by atoms with E-state index < -0.39 is 12.1 Å². The van der Waals surface area contributed by atoms with E-state index >= 15 is 0 Å². The number of carboxylic acid groups (broad SMARTS) is 1. The monoisotopic (exact) mass is 360 g/mol. The Labute approximate surface area is 144 Å². The summed E-state index contributed by atoms with van der Waals surface area (Å²) in [5.41, 5.74) is 2.21. The third-order valence-electron chi connectivity index (χ3n) is 3.81. The first kappa shape index (κ1) is 20.8. The van der Waals surface area contributed by atoms with Crippen LogP contribution in [-0.4, -0.2) is 51.4 Å². The van der Waals surface area contributed by atoms with Gasteiger partial charge in [0.1, 0.15) is 5.75 Å². The maximum absolute atomic E-state index is 10.6. The lowest BCUT2D eigenvalue weighted by Gasteiger charge is -2.24. The van der Waals surface area contributed by atoms with Crippen molar-refractivity contribution < 1.29 is 28.2 Å². The number of aromatic hydroxyl groups is 1. The number of alkyl halides is 3. The van der Waals surface area contributed by atoms with E-state index in [0.29, 0.717) is 11.8 Å². The summed E-state index contributed by atoms with van der Waals surface area (Å²) in [6, 6.07) is 6.18. The van der Waals surface area contributed by atoms with Gasteiger partial charge < -0.3 is 20.1 Å². The van der Waals surface area contributed by atoms with Gasteiger partial charge in [0.15, 0.2) is 0 Å². The number of phenolic OH excluding ortho intramolecular Hbond substituents is 1. The Morgan fingerprint density at radius 3 is 2.40 bits per heavy atom. The molecule has 1 heterocycles. The molecular weight excluding hydrogens is 337 g/mol. The number of carbonyl (C=O) groups is 1. The highest BCUT2D eigenvalue weighted by Crippen LogP contribution is 2.27. The fourth-order valence-electron chi connectivity index (χ4n) is 2.48. The molecule has 0 saturated carbocycles. The smallest absolute Gasteiger partial charge is 0.490 e. The quantitative estimate of drug-likeness (QED) is 0.758. The minimum absolute atomic E-state index is 0.372. The van der Waals surface area contributed by atoms with Gasteiger partial charge in [-0.05, 0) is 44.5 Å². The number of carboxylic acids is 1. The van der Waals surface area contributed by atoms with E-state index in [-0.39, 0.29) is 0 Å². The second-order valence-corrected chi connectivity index (χ2v) is 5.79. The standard InChI is InChI=1S/C15H22N2O.C2HF3O2/c1-4-17(11(2)3)9-8-12-10-16-13-6-5-7-14(18)15(12)13;3-2(4,5)1(6)7/h5-7,10-11,16,18H,4,8-9H2,1-3H3;(H,6,7). The summed E-state index contributed by atoms with van der Waals surface area (Å²) >= 11 is 0. The molecule has 5 nitrogen and oxygen atoms in total. The zero-order valence-corrected chi connectivity index (χ0v) is 14.4. The van der Waals surface area contributed by atoms with Crippen molar-refractivity contribution in [2.75, 3.05) is 13.1 Å². The number of rotatable bonds is 5. The van der Waals surface area contributed by atoms with Crippen molar-refractivity contribution in [2.24, 2.45) is 0 Å². The zero-order chi connectivity index (χ0) is 19.2. The molecule has 3 N–H and O–H groups in total. The number of halogens is 3. The highest BCUT2D eigenvalue weighted by Gasteiger charge is 2.38. The van der Waals surface area contributed by atoms with E-state index in [9.17, 15) is 18.3 Å². The molecule has 2 rings (SSSR count). The normalized spacial score (nSPS) is 11.7. The van der Waals surface area contributed by atoms with Crippen LogP contribution in [0.1, 0.15) is 26.3 Å². The summed E-state index contributed by atoms with van der Waals surface area (Å²) in [5.74, 6) is -2.39. The average Bonchev–Trinajstić information content (AvgIpc) is 2.92. The van der Waals surface area contributed by atoms with Crippen LogP contribution >= 0.6 is 0 Å². The van der Waals surface area contributed by atoms with E-state index in [1.54, 1.807) is 6.07 Å². The van der Waals surface area contributed by atoms with E-state index in [4.69, 9.17) is 9.90 Å². The van der Waals surface area contributed by atoms with Crippen LogP contribution in [0.25, 0.3) is 10.9 Å². The molecule has 2 aromatic rings. The molecule has 0 fully saturated rings.